The van der Waals surface area contributed by atoms with Gasteiger partial charge in [0.15, 0.2) is 11.5 Å². The van der Waals surface area contributed by atoms with Gasteiger partial charge in [0.05, 0.1) is 18.9 Å². The van der Waals surface area contributed by atoms with Crippen LogP contribution in [0, 0.1) is 6.92 Å². The highest BCUT2D eigenvalue weighted by Gasteiger charge is 2.23. The Kier molecular flexibility index (Phi) is 3.47. The van der Waals surface area contributed by atoms with Gasteiger partial charge in [-0.2, -0.15) is 5.10 Å². The minimum atomic E-state index is -0.664. The van der Waals surface area contributed by atoms with Crippen molar-refractivity contribution >= 4 is 0 Å². The molecule has 112 valence electrons. The van der Waals surface area contributed by atoms with Gasteiger partial charge in [-0.15, -0.1) is 0 Å². The van der Waals surface area contributed by atoms with Gasteiger partial charge in [-0.05, 0) is 30.7 Å². The molecule has 6 heteroatoms. The number of aliphatic hydroxyl groups is 1. The summed E-state index contributed by atoms with van der Waals surface area (Å²) in [6, 6.07) is 5.54. The van der Waals surface area contributed by atoms with Crippen LogP contribution in [0.5, 0.6) is 17.2 Å². The van der Waals surface area contributed by atoms with E-state index in [0.717, 1.165) is 17.0 Å². The summed E-state index contributed by atoms with van der Waals surface area (Å²) in [4.78, 5) is 0. The maximum absolute atomic E-state index is 10.5. The van der Waals surface area contributed by atoms with Gasteiger partial charge in [0, 0.05) is 19.2 Å². The van der Waals surface area contributed by atoms with Crippen LogP contribution >= 0.6 is 0 Å². The van der Waals surface area contributed by atoms with Crippen molar-refractivity contribution in [2.45, 2.75) is 19.4 Å². The molecule has 1 aromatic heterocycles. The molecular formula is C15H18N2O4. The molecule has 1 aliphatic heterocycles. The van der Waals surface area contributed by atoms with Crippen molar-refractivity contribution in [3.63, 3.8) is 0 Å². The number of benzene rings is 1. The van der Waals surface area contributed by atoms with Crippen molar-refractivity contribution in [1.82, 2.24) is 9.78 Å². The summed E-state index contributed by atoms with van der Waals surface area (Å²) in [7, 11) is 3.44. The lowest BCUT2D eigenvalue weighted by atomic mass is 10.0. The Labute approximate surface area is 122 Å². The second-order valence-corrected chi connectivity index (χ2v) is 5.08. The molecule has 0 amide bonds. The second-order valence-electron chi connectivity index (χ2n) is 5.08. The molecule has 0 saturated heterocycles. The van der Waals surface area contributed by atoms with Crippen LogP contribution in [-0.4, -0.2) is 28.8 Å². The van der Waals surface area contributed by atoms with Gasteiger partial charge in [-0.3, -0.25) is 4.68 Å². The van der Waals surface area contributed by atoms with E-state index in [4.69, 9.17) is 14.2 Å². The molecular weight excluding hydrogens is 272 g/mol. The Bertz CT molecular complexity index is 666. The maximum Gasteiger partial charge on any atom is 0.231 e. The summed E-state index contributed by atoms with van der Waals surface area (Å²) in [6.45, 7) is 2.10. The zero-order valence-electron chi connectivity index (χ0n) is 12.3. The Morgan fingerprint density at radius 2 is 2.19 bits per heavy atom. The Morgan fingerprint density at radius 1 is 1.38 bits per heavy atom. The zero-order valence-corrected chi connectivity index (χ0v) is 12.3. The Balaban J connectivity index is 1.88. The molecule has 0 fully saturated rings. The fourth-order valence-electron chi connectivity index (χ4n) is 2.51. The third kappa shape index (κ3) is 2.54. The lowest BCUT2D eigenvalue weighted by Crippen LogP contribution is -2.06. The van der Waals surface area contributed by atoms with Crippen LogP contribution < -0.4 is 14.2 Å². The van der Waals surface area contributed by atoms with Crippen molar-refractivity contribution in [2.75, 3.05) is 13.9 Å². The molecule has 1 aliphatic rings. The molecule has 1 aromatic carbocycles. The summed E-state index contributed by atoms with van der Waals surface area (Å²) >= 11 is 0. The van der Waals surface area contributed by atoms with Gasteiger partial charge in [-0.25, -0.2) is 0 Å². The normalized spacial score (nSPS) is 14.3. The molecule has 0 spiro atoms. The number of aromatic nitrogens is 2. The van der Waals surface area contributed by atoms with Gasteiger partial charge < -0.3 is 19.3 Å². The standard InChI is InChI=1S/C15H18N2O4/c1-9-4-11(17(2)16-9)7-12(18)10-5-13(19-3)15-14(6-10)20-8-21-15/h4-6,12,18H,7-8H2,1-3H3. The summed E-state index contributed by atoms with van der Waals surface area (Å²) in [6.07, 6.45) is -0.191. The number of hydrogen-bond donors (Lipinski definition) is 1. The minimum absolute atomic E-state index is 0.173. The fourth-order valence-corrected chi connectivity index (χ4v) is 2.51. The van der Waals surface area contributed by atoms with E-state index in [0.29, 0.717) is 23.7 Å². The van der Waals surface area contributed by atoms with Gasteiger partial charge in [0.25, 0.3) is 0 Å². The van der Waals surface area contributed by atoms with Crippen LogP contribution in [0.2, 0.25) is 0 Å². The molecule has 0 aliphatic carbocycles. The highest BCUT2D eigenvalue weighted by atomic mass is 16.7. The molecule has 1 N–H and O–H groups in total. The second kappa shape index (κ2) is 5.29. The first-order valence-corrected chi connectivity index (χ1v) is 6.73. The van der Waals surface area contributed by atoms with Gasteiger partial charge >= 0.3 is 0 Å². The van der Waals surface area contributed by atoms with Gasteiger partial charge in [0.2, 0.25) is 12.5 Å². The maximum atomic E-state index is 10.5. The van der Waals surface area contributed by atoms with Gasteiger partial charge in [0.1, 0.15) is 0 Å². The third-order valence-electron chi connectivity index (χ3n) is 3.57. The lowest BCUT2D eigenvalue weighted by Gasteiger charge is -2.14. The van der Waals surface area contributed by atoms with E-state index in [1.807, 2.05) is 20.0 Å². The number of nitrogens with zero attached hydrogens (tertiary/aromatic N) is 2. The summed E-state index contributed by atoms with van der Waals surface area (Å²) < 4.78 is 17.8. The average molecular weight is 290 g/mol. The predicted octanol–water partition coefficient (Wildman–Crippen LogP) is 1.74. The number of fused-ring (bicyclic) bond motifs is 1. The minimum Gasteiger partial charge on any atom is -0.493 e. The number of aryl methyl sites for hydroxylation is 2. The topological polar surface area (TPSA) is 65.7 Å². The Morgan fingerprint density at radius 3 is 2.86 bits per heavy atom. The van der Waals surface area contributed by atoms with E-state index in [2.05, 4.69) is 5.10 Å². The molecule has 2 heterocycles. The van der Waals surface area contributed by atoms with E-state index in [-0.39, 0.29) is 6.79 Å². The van der Waals surface area contributed by atoms with Crippen molar-refractivity contribution in [1.29, 1.82) is 0 Å². The molecule has 2 aromatic rings. The first-order valence-electron chi connectivity index (χ1n) is 6.73. The highest BCUT2D eigenvalue weighted by molar-refractivity contribution is 5.55. The summed E-state index contributed by atoms with van der Waals surface area (Å²) in [5.74, 6) is 1.76. The van der Waals surface area contributed by atoms with Crippen LogP contribution in [0.25, 0.3) is 0 Å². The smallest absolute Gasteiger partial charge is 0.231 e. The van der Waals surface area contributed by atoms with E-state index < -0.39 is 6.10 Å². The van der Waals surface area contributed by atoms with Crippen molar-refractivity contribution < 1.29 is 19.3 Å². The summed E-state index contributed by atoms with van der Waals surface area (Å²) in [5, 5.41) is 14.8. The number of methoxy groups -OCH3 is 1. The number of ether oxygens (including phenoxy) is 3. The Hall–Kier alpha value is -2.21. The van der Waals surface area contributed by atoms with Crippen LogP contribution in [-0.2, 0) is 13.5 Å². The van der Waals surface area contributed by atoms with Gasteiger partial charge in [-0.1, -0.05) is 0 Å². The predicted molar refractivity (Wildman–Crippen MR) is 75.7 cm³/mol. The summed E-state index contributed by atoms with van der Waals surface area (Å²) in [5.41, 5.74) is 2.63. The average Bonchev–Trinajstić information content (AvgIpc) is 3.04. The van der Waals surface area contributed by atoms with E-state index in [1.165, 1.54) is 0 Å². The van der Waals surface area contributed by atoms with Crippen LogP contribution in [0.15, 0.2) is 18.2 Å². The molecule has 3 rings (SSSR count). The molecule has 0 radical (unpaired) electrons. The number of hydrogen-bond acceptors (Lipinski definition) is 5. The lowest BCUT2D eigenvalue weighted by molar-refractivity contribution is 0.169. The first-order chi connectivity index (χ1) is 10.1. The number of rotatable bonds is 4. The molecule has 1 unspecified atom stereocenters. The molecule has 1 atom stereocenters. The zero-order chi connectivity index (χ0) is 15.0. The molecule has 0 saturated carbocycles. The van der Waals surface area contributed by atoms with E-state index >= 15 is 0 Å². The van der Waals surface area contributed by atoms with Crippen LogP contribution in [0.3, 0.4) is 0 Å². The molecule has 0 bridgehead atoms. The van der Waals surface area contributed by atoms with Crippen molar-refractivity contribution in [2.24, 2.45) is 7.05 Å². The van der Waals surface area contributed by atoms with Crippen molar-refractivity contribution in [3.8, 4) is 17.2 Å². The fraction of sp³-hybridized carbons (Fsp3) is 0.400. The first kappa shape index (κ1) is 13.8. The highest BCUT2D eigenvalue weighted by Crippen LogP contribution is 2.43. The molecule has 21 heavy (non-hydrogen) atoms. The van der Waals surface area contributed by atoms with Crippen LogP contribution in [0.4, 0.5) is 0 Å². The quantitative estimate of drug-likeness (QED) is 0.929. The SMILES string of the molecule is COc1cc(C(O)Cc2cc(C)nn2C)cc2c1OCO2. The third-order valence-corrected chi connectivity index (χ3v) is 3.57. The van der Waals surface area contributed by atoms with E-state index in [9.17, 15) is 5.11 Å². The largest absolute Gasteiger partial charge is 0.493 e. The monoisotopic (exact) mass is 290 g/mol. The molecule has 6 nitrogen and oxygen atoms in total. The van der Waals surface area contributed by atoms with Crippen LogP contribution in [0.1, 0.15) is 23.1 Å². The number of aliphatic hydroxyl groups excluding tert-OH is 1. The van der Waals surface area contributed by atoms with Crippen molar-refractivity contribution in [3.05, 3.63) is 35.2 Å². The van der Waals surface area contributed by atoms with E-state index in [1.54, 1.807) is 23.9 Å².